The van der Waals surface area contributed by atoms with E-state index in [1.54, 1.807) is 4.90 Å². The van der Waals surface area contributed by atoms with E-state index in [0.29, 0.717) is 12.1 Å². The van der Waals surface area contributed by atoms with Crippen molar-refractivity contribution in [2.75, 3.05) is 25.0 Å². The number of nitrogens with zero attached hydrogens (tertiary/aromatic N) is 3. The molecule has 0 spiro atoms. The first-order chi connectivity index (χ1) is 15.1. The number of amides is 2. The van der Waals surface area contributed by atoms with E-state index in [1.807, 2.05) is 48.5 Å². The van der Waals surface area contributed by atoms with E-state index in [1.165, 1.54) is 5.56 Å². The summed E-state index contributed by atoms with van der Waals surface area (Å²) in [6.07, 6.45) is 7.09. The summed E-state index contributed by atoms with van der Waals surface area (Å²) in [4.78, 5) is 29.5. The van der Waals surface area contributed by atoms with Gasteiger partial charge in [0.05, 0.1) is 11.2 Å². The number of hydrogen-bond acceptors (Lipinski definition) is 2. The minimum absolute atomic E-state index is 0.00175. The summed E-state index contributed by atoms with van der Waals surface area (Å²) in [5.41, 5.74) is 5.87. The second-order valence-corrected chi connectivity index (χ2v) is 8.41. The molecule has 0 saturated carbocycles. The van der Waals surface area contributed by atoms with Gasteiger partial charge in [-0.3, -0.25) is 9.59 Å². The Bertz CT molecular complexity index is 1210. The number of carbonyl (C=O) groups excluding carboxylic acids is 2. The number of carbonyl (C=O) groups is 2. The van der Waals surface area contributed by atoms with Gasteiger partial charge in [-0.1, -0.05) is 43.3 Å². The molecule has 5 rings (SSSR count). The predicted octanol–water partition coefficient (Wildman–Crippen LogP) is 4.34. The van der Waals surface area contributed by atoms with Crippen LogP contribution in [0.4, 0.5) is 5.69 Å². The van der Waals surface area contributed by atoms with Gasteiger partial charge in [0, 0.05) is 48.4 Å². The van der Waals surface area contributed by atoms with Crippen LogP contribution in [0.25, 0.3) is 22.6 Å². The molecular weight excluding hydrogens is 386 g/mol. The van der Waals surface area contributed by atoms with Crippen LogP contribution in [0.1, 0.15) is 36.5 Å². The molecule has 1 aromatic heterocycles. The second-order valence-electron chi connectivity index (χ2n) is 8.41. The van der Waals surface area contributed by atoms with Gasteiger partial charge in [-0.25, -0.2) is 0 Å². The Hall–Kier alpha value is -3.34. The van der Waals surface area contributed by atoms with E-state index in [2.05, 4.69) is 29.7 Å². The minimum atomic E-state index is 0.00175. The SMILES string of the molecule is CCc1cccc2c(/C=C3/C(=O)N(C)c4ccccc43)cn(CC(=O)N3CCCC3)c12. The van der Waals surface area contributed by atoms with E-state index in [-0.39, 0.29) is 11.8 Å². The zero-order valence-corrected chi connectivity index (χ0v) is 18.1. The van der Waals surface area contributed by atoms with Crippen LogP contribution in [0.2, 0.25) is 0 Å². The molecular formula is C26H27N3O2. The fourth-order valence-corrected chi connectivity index (χ4v) is 4.90. The van der Waals surface area contributed by atoms with Crippen LogP contribution in [0.15, 0.2) is 48.7 Å². The Morgan fingerprint density at radius 3 is 2.61 bits per heavy atom. The smallest absolute Gasteiger partial charge is 0.258 e. The highest BCUT2D eigenvalue weighted by molar-refractivity contribution is 6.36. The number of benzene rings is 2. The lowest BCUT2D eigenvalue weighted by Crippen LogP contribution is -2.30. The summed E-state index contributed by atoms with van der Waals surface area (Å²) in [7, 11) is 1.81. The van der Waals surface area contributed by atoms with Crippen LogP contribution < -0.4 is 4.90 Å². The Balaban J connectivity index is 1.62. The number of fused-ring (bicyclic) bond motifs is 2. The first-order valence-corrected chi connectivity index (χ1v) is 11.1. The first-order valence-electron chi connectivity index (χ1n) is 11.1. The van der Waals surface area contributed by atoms with Crippen LogP contribution in [0.5, 0.6) is 0 Å². The molecule has 0 atom stereocenters. The van der Waals surface area contributed by atoms with Crippen LogP contribution in [-0.4, -0.2) is 41.4 Å². The fraction of sp³-hybridized carbons (Fsp3) is 0.308. The molecule has 1 fully saturated rings. The largest absolute Gasteiger partial charge is 0.341 e. The maximum Gasteiger partial charge on any atom is 0.258 e. The van der Waals surface area contributed by atoms with E-state index in [4.69, 9.17) is 0 Å². The molecule has 3 aromatic rings. The molecule has 5 nitrogen and oxygen atoms in total. The number of likely N-dealkylation sites (tertiary alicyclic amines) is 1. The van der Waals surface area contributed by atoms with Crippen LogP contribution in [0.3, 0.4) is 0 Å². The van der Waals surface area contributed by atoms with Crippen molar-refractivity contribution in [2.24, 2.45) is 0 Å². The third-order valence-corrected chi connectivity index (χ3v) is 6.55. The Morgan fingerprint density at radius 1 is 1.06 bits per heavy atom. The normalized spacial score (nSPS) is 17.2. The third-order valence-electron chi connectivity index (χ3n) is 6.55. The van der Waals surface area contributed by atoms with Crippen molar-refractivity contribution in [2.45, 2.75) is 32.7 Å². The first kappa shape index (κ1) is 19.6. The van der Waals surface area contributed by atoms with E-state index in [9.17, 15) is 9.59 Å². The number of rotatable bonds is 4. The molecule has 2 aromatic carbocycles. The summed E-state index contributed by atoms with van der Waals surface area (Å²) in [6.45, 7) is 4.18. The minimum Gasteiger partial charge on any atom is -0.341 e. The molecule has 2 amide bonds. The molecule has 3 heterocycles. The highest BCUT2D eigenvalue weighted by Gasteiger charge is 2.29. The predicted molar refractivity (Wildman–Crippen MR) is 125 cm³/mol. The molecule has 158 valence electrons. The van der Waals surface area contributed by atoms with Crippen molar-refractivity contribution in [1.29, 1.82) is 0 Å². The lowest BCUT2D eigenvalue weighted by atomic mass is 10.0. The summed E-state index contributed by atoms with van der Waals surface area (Å²) < 4.78 is 2.08. The maximum absolute atomic E-state index is 13.0. The van der Waals surface area contributed by atoms with E-state index >= 15 is 0 Å². The average molecular weight is 414 g/mol. The van der Waals surface area contributed by atoms with Gasteiger partial charge in [-0.15, -0.1) is 0 Å². The van der Waals surface area contributed by atoms with Gasteiger partial charge < -0.3 is 14.4 Å². The number of aromatic nitrogens is 1. The summed E-state index contributed by atoms with van der Waals surface area (Å²) in [5.74, 6) is 0.170. The van der Waals surface area contributed by atoms with Crippen molar-refractivity contribution in [1.82, 2.24) is 9.47 Å². The molecule has 0 unspecified atom stereocenters. The van der Waals surface area contributed by atoms with Gasteiger partial charge in [0.25, 0.3) is 5.91 Å². The molecule has 2 aliphatic rings. The number of hydrogen-bond donors (Lipinski definition) is 0. The van der Waals surface area contributed by atoms with Crippen LogP contribution in [0, 0.1) is 0 Å². The number of likely N-dealkylation sites (N-methyl/N-ethyl adjacent to an activating group) is 1. The summed E-state index contributed by atoms with van der Waals surface area (Å²) >= 11 is 0. The van der Waals surface area contributed by atoms with Gasteiger partial charge in [-0.05, 0) is 37.0 Å². The lowest BCUT2D eigenvalue weighted by Gasteiger charge is -2.16. The summed E-state index contributed by atoms with van der Waals surface area (Å²) in [5, 5.41) is 1.08. The Morgan fingerprint density at radius 2 is 1.84 bits per heavy atom. The van der Waals surface area contributed by atoms with Crippen molar-refractivity contribution < 1.29 is 9.59 Å². The maximum atomic E-state index is 13.0. The van der Waals surface area contributed by atoms with Crippen molar-refractivity contribution in [3.63, 3.8) is 0 Å². The van der Waals surface area contributed by atoms with Gasteiger partial charge in [0.1, 0.15) is 6.54 Å². The highest BCUT2D eigenvalue weighted by Crippen LogP contribution is 2.38. The molecule has 0 aliphatic carbocycles. The molecule has 0 bridgehead atoms. The highest BCUT2D eigenvalue weighted by atomic mass is 16.2. The Labute approximate surface area is 182 Å². The molecule has 0 radical (unpaired) electrons. The van der Waals surface area contributed by atoms with Gasteiger partial charge >= 0.3 is 0 Å². The van der Waals surface area contributed by atoms with Crippen molar-refractivity contribution >= 4 is 40.1 Å². The van der Waals surface area contributed by atoms with Gasteiger partial charge in [-0.2, -0.15) is 0 Å². The van der Waals surface area contributed by atoms with E-state index < -0.39 is 0 Å². The zero-order chi connectivity index (χ0) is 21.5. The van der Waals surface area contributed by atoms with Crippen LogP contribution >= 0.6 is 0 Å². The third kappa shape index (κ3) is 3.25. The fourth-order valence-electron chi connectivity index (χ4n) is 4.90. The molecule has 0 N–H and O–H groups in total. The van der Waals surface area contributed by atoms with Crippen LogP contribution in [-0.2, 0) is 22.6 Å². The standard InChI is InChI=1S/C26H27N3O2/c1-3-18-9-8-11-20-19(15-22-21-10-4-5-12-23(21)27(2)26(22)31)16-29(25(18)20)17-24(30)28-13-6-7-14-28/h4-5,8-12,15-16H,3,6-7,13-14,17H2,1-2H3/b22-15+. The zero-order valence-electron chi connectivity index (χ0n) is 18.1. The quantitative estimate of drug-likeness (QED) is 0.597. The molecule has 1 saturated heterocycles. The van der Waals surface area contributed by atoms with Crippen molar-refractivity contribution in [3.8, 4) is 0 Å². The number of anilines is 1. The Kier molecular flexibility index (Phi) is 4.89. The monoisotopic (exact) mass is 413 g/mol. The average Bonchev–Trinajstić information content (AvgIpc) is 3.50. The number of para-hydroxylation sites is 2. The second kappa shape index (κ2) is 7.73. The molecule has 31 heavy (non-hydrogen) atoms. The van der Waals surface area contributed by atoms with Crippen molar-refractivity contribution in [3.05, 3.63) is 65.4 Å². The summed E-state index contributed by atoms with van der Waals surface area (Å²) in [6, 6.07) is 14.2. The molecule has 2 aliphatic heterocycles. The number of aryl methyl sites for hydroxylation is 1. The van der Waals surface area contributed by atoms with Gasteiger partial charge in [0.2, 0.25) is 5.91 Å². The molecule has 5 heteroatoms. The lowest BCUT2D eigenvalue weighted by molar-refractivity contribution is -0.130. The van der Waals surface area contributed by atoms with Gasteiger partial charge in [0.15, 0.2) is 0 Å². The topological polar surface area (TPSA) is 45.6 Å². The van der Waals surface area contributed by atoms with E-state index in [0.717, 1.165) is 60.1 Å².